The molecule has 0 amide bonds. The van der Waals surface area contributed by atoms with Gasteiger partial charge in [0.25, 0.3) is 0 Å². The molecule has 1 fully saturated rings. The first kappa shape index (κ1) is 23.2. The van der Waals surface area contributed by atoms with Gasteiger partial charge in [0.1, 0.15) is 0 Å². The number of sulfonamides is 1. The SMILES string of the molecule is O=C(COC(=O)c1ccc(S(=O)(=O)NCC2CCCO2)cc1)c1ccc2c(c1)OCCCO2. The summed E-state index contributed by atoms with van der Waals surface area (Å²) < 4.78 is 49.0. The van der Waals surface area contributed by atoms with Gasteiger partial charge >= 0.3 is 5.97 Å². The minimum absolute atomic E-state index is 0.0281. The van der Waals surface area contributed by atoms with Crippen molar-refractivity contribution in [3.05, 3.63) is 53.6 Å². The number of nitrogens with one attached hydrogen (secondary N) is 1. The molecule has 9 nitrogen and oxygen atoms in total. The molecule has 0 saturated carbocycles. The number of esters is 1. The molecule has 10 heteroatoms. The number of hydrogen-bond acceptors (Lipinski definition) is 8. The Morgan fingerprint density at radius 1 is 0.939 bits per heavy atom. The Bertz CT molecular complexity index is 1110. The van der Waals surface area contributed by atoms with E-state index in [1.165, 1.54) is 24.3 Å². The highest BCUT2D eigenvalue weighted by molar-refractivity contribution is 7.89. The van der Waals surface area contributed by atoms with Crippen molar-refractivity contribution in [3.63, 3.8) is 0 Å². The lowest BCUT2D eigenvalue weighted by molar-refractivity contribution is 0.0474. The Morgan fingerprint density at radius 3 is 2.39 bits per heavy atom. The van der Waals surface area contributed by atoms with Crippen LogP contribution in [0.25, 0.3) is 0 Å². The van der Waals surface area contributed by atoms with E-state index >= 15 is 0 Å². The molecule has 2 aromatic rings. The predicted octanol–water partition coefficient (Wildman–Crippen LogP) is 2.34. The summed E-state index contributed by atoms with van der Waals surface area (Å²) in [5, 5.41) is 0. The third-order valence-electron chi connectivity index (χ3n) is 5.33. The van der Waals surface area contributed by atoms with Gasteiger partial charge in [-0.1, -0.05) is 0 Å². The van der Waals surface area contributed by atoms with Gasteiger partial charge in [-0.3, -0.25) is 4.79 Å². The van der Waals surface area contributed by atoms with Gasteiger partial charge in [0.15, 0.2) is 23.9 Å². The van der Waals surface area contributed by atoms with E-state index in [0.29, 0.717) is 36.9 Å². The van der Waals surface area contributed by atoms with Crippen molar-refractivity contribution in [2.24, 2.45) is 0 Å². The number of benzene rings is 2. The van der Waals surface area contributed by atoms with Crippen LogP contribution in [0.2, 0.25) is 0 Å². The normalized spacial score (nSPS) is 17.9. The molecule has 1 saturated heterocycles. The van der Waals surface area contributed by atoms with Gasteiger partial charge in [0, 0.05) is 25.1 Å². The lowest BCUT2D eigenvalue weighted by atomic mass is 10.1. The molecule has 4 rings (SSSR count). The van der Waals surface area contributed by atoms with E-state index in [1.54, 1.807) is 18.2 Å². The second-order valence-corrected chi connectivity index (χ2v) is 9.49. The standard InChI is InChI=1S/C23H25NO8S/c25-20(17-6-9-21-22(13-17)31-12-2-11-30-21)15-32-23(26)16-4-7-19(8-5-16)33(27,28)24-14-18-3-1-10-29-18/h4-9,13,18,24H,1-3,10-12,14-15H2. The van der Waals surface area contributed by atoms with Crippen molar-refractivity contribution < 1.29 is 37.0 Å². The van der Waals surface area contributed by atoms with Gasteiger partial charge in [-0.15, -0.1) is 0 Å². The van der Waals surface area contributed by atoms with Gasteiger partial charge in [-0.25, -0.2) is 17.9 Å². The number of ether oxygens (including phenoxy) is 4. The first-order valence-corrected chi connectivity index (χ1v) is 12.2. The zero-order valence-electron chi connectivity index (χ0n) is 17.9. The molecule has 2 heterocycles. The van der Waals surface area contributed by atoms with E-state index in [-0.39, 0.29) is 23.1 Å². The third kappa shape index (κ3) is 5.89. The van der Waals surface area contributed by atoms with Gasteiger partial charge in [-0.05, 0) is 55.3 Å². The molecule has 0 radical (unpaired) electrons. The summed E-state index contributed by atoms with van der Waals surface area (Å²) in [5.74, 6) is -0.0681. The zero-order chi connectivity index (χ0) is 23.3. The predicted molar refractivity (Wildman–Crippen MR) is 117 cm³/mol. The van der Waals surface area contributed by atoms with Crippen LogP contribution in [-0.2, 0) is 19.5 Å². The summed E-state index contributed by atoms with van der Waals surface area (Å²) in [5.41, 5.74) is 0.477. The molecule has 0 bridgehead atoms. The van der Waals surface area contributed by atoms with Crippen molar-refractivity contribution >= 4 is 21.8 Å². The Balaban J connectivity index is 1.32. The van der Waals surface area contributed by atoms with Crippen LogP contribution in [0.5, 0.6) is 11.5 Å². The van der Waals surface area contributed by atoms with Crippen molar-refractivity contribution in [2.45, 2.75) is 30.3 Å². The monoisotopic (exact) mass is 475 g/mol. The summed E-state index contributed by atoms with van der Waals surface area (Å²) in [6.45, 7) is 1.42. The van der Waals surface area contributed by atoms with E-state index in [9.17, 15) is 18.0 Å². The van der Waals surface area contributed by atoms with Crippen LogP contribution in [0.4, 0.5) is 0 Å². The molecule has 1 atom stereocenters. The number of carbonyl (C=O) groups excluding carboxylic acids is 2. The van der Waals surface area contributed by atoms with Gasteiger partial charge < -0.3 is 18.9 Å². The maximum absolute atomic E-state index is 12.4. The fourth-order valence-electron chi connectivity index (χ4n) is 3.50. The minimum Gasteiger partial charge on any atom is -0.490 e. The van der Waals surface area contributed by atoms with E-state index in [1.807, 2.05) is 0 Å². The summed E-state index contributed by atoms with van der Waals surface area (Å²) in [7, 11) is -3.72. The molecule has 1 unspecified atom stereocenters. The van der Waals surface area contributed by atoms with Crippen LogP contribution in [0, 0.1) is 0 Å². The molecule has 33 heavy (non-hydrogen) atoms. The highest BCUT2D eigenvalue weighted by Crippen LogP contribution is 2.30. The second kappa shape index (κ2) is 10.3. The van der Waals surface area contributed by atoms with Crippen molar-refractivity contribution in [1.29, 1.82) is 0 Å². The average molecular weight is 476 g/mol. The van der Waals surface area contributed by atoms with Gasteiger partial charge in [0.2, 0.25) is 10.0 Å². The number of fused-ring (bicyclic) bond motifs is 1. The summed E-state index contributed by atoms with van der Waals surface area (Å²) >= 11 is 0. The first-order valence-electron chi connectivity index (χ1n) is 10.7. The van der Waals surface area contributed by atoms with E-state index < -0.39 is 28.4 Å². The number of Topliss-reactive ketones (excluding diaryl/α,β-unsaturated/α-hetero) is 1. The zero-order valence-corrected chi connectivity index (χ0v) is 18.8. The molecule has 176 valence electrons. The molecule has 2 aliphatic rings. The smallest absolute Gasteiger partial charge is 0.338 e. The Hall–Kier alpha value is -2.95. The number of carbonyl (C=O) groups is 2. The maximum atomic E-state index is 12.4. The summed E-state index contributed by atoms with van der Waals surface area (Å²) in [6, 6.07) is 10.1. The minimum atomic E-state index is -3.72. The van der Waals surface area contributed by atoms with Crippen molar-refractivity contribution in [2.75, 3.05) is 33.0 Å². The molecule has 2 aliphatic heterocycles. The highest BCUT2D eigenvalue weighted by atomic mass is 32.2. The van der Waals surface area contributed by atoms with Crippen LogP contribution < -0.4 is 14.2 Å². The fraction of sp³-hybridized carbons (Fsp3) is 0.391. The van der Waals surface area contributed by atoms with Crippen LogP contribution in [0.1, 0.15) is 40.0 Å². The Labute approximate surface area is 192 Å². The number of ketones is 1. The quantitative estimate of drug-likeness (QED) is 0.457. The molecule has 0 spiro atoms. The number of hydrogen-bond donors (Lipinski definition) is 1. The van der Waals surface area contributed by atoms with Crippen LogP contribution >= 0.6 is 0 Å². The fourth-order valence-corrected chi connectivity index (χ4v) is 4.56. The van der Waals surface area contributed by atoms with Crippen LogP contribution in [0.3, 0.4) is 0 Å². The van der Waals surface area contributed by atoms with E-state index in [2.05, 4.69) is 4.72 Å². The molecule has 2 aromatic carbocycles. The topological polar surface area (TPSA) is 117 Å². The lowest BCUT2D eigenvalue weighted by Gasteiger charge is -2.12. The summed E-state index contributed by atoms with van der Waals surface area (Å²) in [4.78, 5) is 24.8. The van der Waals surface area contributed by atoms with E-state index in [4.69, 9.17) is 18.9 Å². The third-order valence-corrected chi connectivity index (χ3v) is 6.77. The van der Waals surface area contributed by atoms with Crippen molar-refractivity contribution in [3.8, 4) is 11.5 Å². The average Bonchev–Trinajstić information content (AvgIpc) is 3.24. The second-order valence-electron chi connectivity index (χ2n) is 7.72. The van der Waals surface area contributed by atoms with Gasteiger partial charge in [0.05, 0.1) is 29.8 Å². The largest absolute Gasteiger partial charge is 0.490 e. The first-order chi connectivity index (χ1) is 15.9. The Morgan fingerprint density at radius 2 is 1.67 bits per heavy atom. The Kier molecular flexibility index (Phi) is 7.26. The molecule has 0 aliphatic carbocycles. The lowest BCUT2D eigenvalue weighted by Crippen LogP contribution is -2.31. The van der Waals surface area contributed by atoms with Crippen LogP contribution in [-0.4, -0.2) is 59.2 Å². The van der Waals surface area contributed by atoms with Crippen molar-refractivity contribution in [1.82, 2.24) is 4.72 Å². The molecule has 0 aromatic heterocycles. The number of rotatable bonds is 8. The highest BCUT2D eigenvalue weighted by Gasteiger charge is 2.21. The van der Waals surface area contributed by atoms with Crippen LogP contribution in [0.15, 0.2) is 47.4 Å². The maximum Gasteiger partial charge on any atom is 0.338 e. The van der Waals surface area contributed by atoms with E-state index in [0.717, 1.165) is 19.3 Å². The summed E-state index contributed by atoms with van der Waals surface area (Å²) in [6.07, 6.45) is 2.37. The molecule has 1 N–H and O–H groups in total. The molecular formula is C23H25NO8S. The molecular weight excluding hydrogens is 450 g/mol. The van der Waals surface area contributed by atoms with Gasteiger partial charge in [-0.2, -0.15) is 0 Å².